The molecular weight excluding hydrogens is 332 g/mol. The highest BCUT2D eigenvalue weighted by Crippen LogP contribution is 2.32. The third-order valence-electron chi connectivity index (χ3n) is 4.62. The molecule has 2 heterocycles. The van der Waals surface area contributed by atoms with Crippen molar-refractivity contribution >= 4 is 35.9 Å². The van der Waals surface area contributed by atoms with Crippen molar-refractivity contribution < 1.29 is 4.79 Å². The minimum absolute atomic E-state index is 0. The molecule has 23 heavy (non-hydrogen) atoms. The second kappa shape index (κ2) is 8.94. The first-order valence-corrected chi connectivity index (χ1v) is 9.53. The Balaban J connectivity index is 0.00000192. The number of hydrogen-bond donors (Lipinski definition) is 2. The van der Waals surface area contributed by atoms with Crippen LogP contribution >= 0.6 is 24.2 Å². The normalized spacial score (nSPS) is 22.4. The number of hydrogen-bond acceptors (Lipinski definition) is 4. The predicted molar refractivity (Wildman–Crippen MR) is 98.6 cm³/mol. The molecule has 1 atom stereocenters. The molecule has 1 unspecified atom stereocenters. The van der Waals surface area contributed by atoms with E-state index in [9.17, 15) is 4.79 Å². The Morgan fingerprint density at radius 1 is 1.43 bits per heavy atom. The van der Waals surface area contributed by atoms with Crippen LogP contribution in [0.4, 0.5) is 5.82 Å². The fourth-order valence-electron chi connectivity index (χ4n) is 3.37. The van der Waals surface area contributed by atoms with Crippen LogP contribution < -0.4 is 10.6 Å². The van der Waals surface area contributed by atoms with Crippen LogP contribution in [0.1, 0.15) is 50.1 Å². The minimum atomic E-state index is 0. The van der Waals surface area contributed by atoms with Gasteiger partial charge in [0.25, 0.3) is 0 Å². The fraction of sp³-hybridized carbons (Fsp3) is 0.750. The van der Waals surface area contributed by atoms with Gasteiger partial charge >= 0.3 is 0 Å². The lowest BCUT2D eigenvalue weighted by Gasteiger charge is -2.22. The Bertz CT molecular complexity index is 510. The number of rotatable bonds is 4. The Morgan fingerprint density at radius 3 is 2.91 bits per heavy atom. The van der Waals surface area contributed by atoms with Gasteiger partial charge in [0.1, 0.15) is 5.82 Å². The summed E-state index contributed by atoms with van der Waals surface area (Å²) in [6.45, 7) is 1.00. The van der Waals surface area contributed by atoms with Crippen molar-refractivity contribution in [1.29, 1.82) is 0 Å². The summed E-state index contributed by atoms with van der Waals surface area (Å²) in [6.07, 6.45) is 6.94. The van der Waals surface area contributed by atoms with Crippen molar-refractivity contribution in [2.75, 3.05) is 23.4 Å². The summed E-state index contributed by atoms with van der Waals surface area (Å²) in [6, 6.07) is 2.36. The van der Waals surface area contributed by atoms with Gasteiger partial charge in [-0.1, -0.05) is 19.3 Å². The Morgan fingerprint density at radius 2 is 2.22 bits per heavy atom. The summed E-state index contributed by atoms with van der Waals surface area (Å²) in [7, 11) is 1.91. The van der Waals surface area contributed by atoms with Crippen LogP contribution in [0.25, 0.3) is 0 Å². The lowest BCUT2D eigenvalue weighted by molar-refractivity contribution is -0.116. The maximum absolute atomic E-state index is 12.2. The minimum Gasteiger partial charge on any atom is -0.312 e. The third-order valence-corrected chi connectivity index (χ3v) is 5.75. The molecule has 1 saturated carbocycles. The van der Waals surface area contributed by atoms with Crippen LogP contribution in [0.5, 0.6) is 0 Å². The number of nitrogens with one attached hydrogen (secondary N) is 2. The molecule has 1 amide bonds. The van der Waals surface area contributed by atoms with E-state index in [4.69, 9.17) is 0 Å². The summed E-state index contributed by atoms with van der Waals surface area (Å²) in [5, 5.41) is 11.0. The van der Waals surface area contributed by atoms with E-state index in [2.05, 4.69) is 21.8 Å². The third kappa shape index (κ3) is 5.13. The van der Waals surface area contributed by atoms with Gasteiger partial charge in [0.2, 0.25) is 5.91 Å². The van der Waals surface area contributed by atoms with E-state index in [0.717, 1.165) is 29.6 Å². The average molecular weight is 359 g/mol. The van der Waals surface area contributed by atoms with Crippen LogP contribution in [0.2, 0.25) is 0 Å². The molecule has 1 aliphatic carbocycles. The molecule has 7 heteroatoms. The summed E-state index contributed by atoms with van der Waals surface area (Å²) in [5.74, 6) is 3.64. The quantitative estimate of drug-likeness (QED) is 0.868. The molecule has 5 nitrogen and oxygen atoms in total. The molecule has 1 aliphatic heterocycles. The van der Waals surface area contributed by atoms with Gasteiger partial charge in [-0.15, -0.1) is 12.4 Å². The van der Waals surface area contributed by atoms with Crippen molar-refractivity contribution in [1.82, 2.24) is 15.1 Å². The zero-order valence-electron chi connectivity index (χ0n) is 13.7. The van der Waals surface area contributed by atoms with Crippen molar-refractivity contribution in [3.8, 4) is 0 Å². The summed E-state index contributed by atoms with van der Waals surface area (Å²) < 4.78 is 1.81. The van der Waals surface area contributed by atoms with Gasteiger partial charge in [-0.25, -0.2) is 0 Å². The fourth-order valence-corrected chi connectivity index (χ4v) is 4.32. The number of aromatic nitrogens is 2. The first kappa shape index (κ1) is 18.6. The van der Waals surface area contributed by atoms with Gasteiger partial charge in [-0.2, -0.15) is 16.9 Å². The Kier molecular flexibility index (Phi) is 7.24. The molecule has 2 aliphatic rings. The number of aryl methyl sites for hydroxylation is 1. The SMILES string of the molecule is Cl.Cn1nc(C2CCCCC2)cc1NC(=O)CC1CSCCN1. The molecule has 0 radical (unpaired) electrons. The zero-order chi connectivity index (χ0) is 15.4. The smallest absolute Gasteiger partial charge is 0.227 e. The van der Waals surface area contributed by atoms with E-state index in [1.807, 2.05) is 23.5 Å². The number of nitrogens with zero attached hydrogens (tertiary/aromatic N) is 2. The summed E-state index contributed by atoms with van der Waals surface area (Å²) >= 11 is 1.92. The topological polar surface area (TPSA) is 59.0 Å². The molecule has 2 N–H and O–H groups in total. The van der Waals surface area contributed by atoms with Crippen LogP contribution in [-0.4, -0.2) is 39.8 Å². The summed E-state index contributed by atoms with van der Waals surface area (Å²) in [5.41, 5.74) is 1.14. The standard InChI is InChI=1S/C16H26N4OS.ClH/c1-20-15(10-14(19-20)12-5-3-2-4-6-12)18-16(21)9-13-11-22-8-7-17-13;/h10,12-13,17H,2-9,11H2,1H3,(H,18,21);1H. The van der Waals surface area contributed by atoms with Crippen LogP contribution in [0, 0.1) is 0 Å². The number of carbonyl (C=O) groups excluding carboxylic acids is 1. The van der Waals surface area contributed by atoms with Gasteiger partial charge < -0.3 is 10.6 Å². The van der Waals surface area contributed by atoms with E-state index < -0.39 is 0 Å². The maximum Gasteiger partial charge on any atom is 0.227 e. The Hall–Kier alpha value is -0.720. The van der Waals surface area contributed by atoms with Crippen molar-refractivity contribution in [2.45, 2.75) is 50.5 Å². The number of carbonyl (C=O) groups is 1. The van der Waals surface area contributed by atoms with Gasteiger partial charge in [-0.3, -0.25) is 9.48 Å². The molecule has 3 rings (SSSR count). The molecule has 0 spiro atoms. The van der Waals surface area contributed by atoms with Crippen LogP contribution in [0.3, 0.4) is 0 Å². The second-order valence-electron chi connectivity index (χ2n) is 6.39. The first-order valence-electron chi connectivity index (χ1n) is 8.37. The molecule has 0 bridgehead atoms. The van der Waals surface area contributed by atoms with Crippen molar-refractivity contribution in [3.63, 3.8) is 0 Å². The highest BCUT2D eigenvalue weighted by atomic mass is 35.5. The molecular formula is C16H27ClN4OS. The van der Waals surface area contributed by atoms with E-state index in [1.165, 1.54) is 32.1 Å². The molecule has 0 aromatic carbocycles. The van der Waals surface area contributed by atoms with E-state index in [0.29, 0.717) is 18.4 Å². The largest absolute Gasteiger partial charge is 0.312 e. The number of anilines is 1. The highest BCUT2D eigenvalue weighted by molar-refractivity contribution is 7.99. The number of amides is 1. The molecule has 1 saturated heterocycles. The van der Waals surface area contributed by atoms with E-state index in [-0.39, 0.29) is 18.3 Å². The lowest BCUT2D eigenvalue weighted by atomic mass is 9.87. The Labute approximate surface area is 148 Å². The van der Waals surface area contributed by atoms with Crippen LogP contribution in [0.15, 0.2) is 6.07 Å². The second-order valence-corrected chi connectivity index (χ2v) is 7.54. The first-order chi connectivity index (χ1) is 10.7. The predicted octanol–water partition coefficient (Wildman–Crippen LogP) is 2.92. The molecule has 2 fully saturated rings. The maximum atomic E-state index is 12.2. The lowest BCUT2D eigenvalue weighted by Crippen LogP contribution is -2.40. The average Bonchev–Trinajstić information content (AvgIpc) is 2.90. The van der Waals surface area contributed by atoms with Crippen molar-refractivity contribution in [2.24, 2.45) is 7.05 Å². The number of halogens is 1. The van der Waals surface area contributed by atoms with Crippen LogP contribution in [-0.2, 0) is 11.8 Å². The summed E-state index contributed by atoms with van der Waals surface area (Å²) in [4.78, 5) is 12.2. The van der Waals surface area contributed by atoms with Gasteiger partial charge in [0.05, 0.1) is 5.69 Å². The zero-order valence-corrected chi connectivity index (χ0v) is 15.3. The van der Waals surface area contributed by atoms with Gasteiger partial charge in [0.15, 0.2) is 0 Å². The monoisotopic (exact) mass is 358 g/mol. The molecule has 130 valence electrons. The van der Waals surface area contributed by atoms with E-state index in [1.54, 1.807) is 0 Å². The number of thioether (sulfide) groups is 1. The highest BCUT2D eigenvalue weighted by Gasteiger charge is 2.21. The van der Waals surface area contributed by atoms with Gasteiger partial charge in [0, 0.05) is 49.5 Å². The molecule has 1 aromatic heterocycles. The van der Waals surface area contributed by atoms with E-state index >= 15 is 0 Å². The van der Waals surface area contributed by atoms with Gasteiger partial charge in [-0.05, 0) is 12.8 Å². The van der Waals surface area contributed by atoms with Crippen molar-refractivity contribution in [3.05, 3.63) is 11.8 Å². The molecule has 1 aromatic rings.